The van der Waals surface area contributed by atoms with Gasteiger partial charge in [0.25, 0.3) is 5.92 Å². The zero-order valence-electron chi connectivity index (χ0n) is 19.7. The molecule has 4 nitrogen and oxygen atoms in total. The molecule has 3 aromatic rings. The molecule has 1 saturated carbocycles. The first kappa shape index (κ1) is 25.6. The van der Waals surface area contributed by atoms with Crippen molar-refractivity contribution in [2.24, 2.45) is 5.41 Å². The van der Waals surface area contributed by atoms with Crippen LogP contribution in [0.3, 0.4) is 0 Å². The molecule has 0 bridgehead atoms. The average Bonchev–Trinajstić information content (AvgIpc) is 3.25. The lowest BCUT2D eigenvalue weighted by molar-refractivity contribution is -0.137. The van der Waals surface area contributed by atoms with E-state index in [1.54, 1.807) is 37.4 Å². The fraction of sp³-hybridized carbons (Fsp3) is 0.440. The largest absolute Gasteiger partial charge is 0.417 e. The molecule has 1 aliphatic carbocycles. The molecule has 0 aliphatic heterocycles. The lowest BCUT2D eigenvalue weighted by Crippen LogP contribution is -2.32. The highest BCUT2D eigenvalue weighted by atomic mass is 32.2. The Bertz CT molecular complexity index is 1370. The molecule has 0 spiro atoms. The Morgan fingerprint density at radius 2 is 1.74 bits per heavy atom. The van der Waals surface area contributed by atoms with Gasteiger partial charge in [0.1, 0.15) is 5.25 Å². The number of benzene rings is 2. The summed E-state index contributed by atoms with van der Waals surface area (Å²) in [5, 5.41) is -1.11. The first-order valence-electron chi connectivity index (χ1n) is 11.2. The summed E-state index contributed by atoms with van der Waals surface area (Å²) in [5.41, 5.74) is 0.662. The number of nitrogens with zero attached hydrogens (tertiary/aromatic N) is 1. The van der Waals surface area contributed by atoms with Crippen LogP contribution >= 0.6 is 0 Å². The third-order valence-electron chi connectivity index (χ3n) is 6.05. The molecule has 2 atom stereocenters. The van der Waals surface area contributed by atoms with Crippen LogP contribution < -0.4 is 4.72 Å². The minimum Gasteiger partial charge on any atom is -0.347 e. The van der Waals surface area contributed by atoms with Crippen molar-refractivity contribution in [1.82, 2.24) is 9.29 Å². The van der Waals surface area contributed by atoms with Crippen LogP contribution in [-0.2, 0) is 22.7 Å². The van der Waals surface area contributed by atoms with Crippen LogP contribution in [-0.4, -0.2) is 24.2 Å². The van der Waals surface area contributed by atoms with Crippen LogP contribution in [0.15, 0.2) is 48.7 Å². The maximum Gasteiger partial charge on any atom is 0.417 e. The molecular weight excluding hydrogens is 487 g/mol. The van der Waals surface area contributed by atoms with Gasteiger partial charge >= 0.3 is 6.18 Å². The van der Waals surface area contributed by atoms with Crippen molar-refractivity contribution < 1.29 is 30.4 Å². The van der Waals surface area contributed by atoms with Crippen molar-refractivity contribution >= 4 is 20.9 Å². The Hall–Kier alpha value is -2.46. The molecule has 190 valence electrons. The second-order valence-corrected chi connectivity index (χ2v) is 12.3. The zero-order chi connectivity index (χ0) is 26.0. The molecule has 1 N–H and O–H groups in total. The van der Waals surface area contributed by atoms with Crippen LogP contribution in [0, 0.1) is 5.41 Å². The zero-order valence-corrected chi connectivity index (χ0v) is 20.6. The van der Waals surface area contributed by atoms with E-state index in [1.807, 2.05) is 25.3 Å². The van der Waals surface area contributed by atoms with Crippen molar-refractivity contribution in [2.75, 3.05) is 0 Å². The number of fused-ring (bicyclic) bond motifs is 1. The normalized spacial score (nSPS) is 19.2. The molecule has 1 heterocycles. The van der Waals surface area contributed by atoms with E-state index in [-0.39, 0.29) is 11.0 Å². The van der Waals surface area contributed by atoms with E-state index in [4.69, 9.17) is 0 Å². The molecule has 0 amide bonds. The Balaban J connectivity index is 1.80. The molecular formula is C25H27F5N2O2S. The summed E-state index contributed by atoms with van der Waals surface area (Å²) in [5.74, 6) is -3.23. The number of alkyl halides is 5. The highest BCUT2D eigenvalue weighted by Gasteiger charge is 2.64. The van der Waals surface area contributed by atoms with Gasteiger partial charge in [-0.3, -0.25) is 0 Å². The number of rotatable bonds is 6. The third-order valence-corrected chi connectivity index (χ3v) is 7.99. The summed E-state index contributed by atoms with van der Waals surface area (Å²) >= 11 is 0. The fourth-order valence-electron chi connectivity index (χ4n) is 4.37. The highest BCUT2D eigenvalue weighted by Crippen LogP contribution is 2.47. The lowest BCUT2D eigenvalue weighted by atomic mass is 9.96. The van der Waals surface area contributed by atoms with Crippen LogP contribution in [0.5, 0.6) is 0 Å². The van der Waals surface area contributed by atoms with Gasteiger partial charge in [0.05, 0.1) is 5.56 Å². The SMILES string of the molecule is C[C@@H](NS(=O)(=O)C1CC1(F)F)c1cn(CC(C)(C)C)c2cc(-c3ccccc3C(F)(F)F)ccc12. The van der Waals surface area contributed by atoms with E-state index in [0.717, 1.165) is 6.07 Å². The Labute approximate surface area is 201 Å². The first-order valence-corrected chi connectivity index (χ1v) is 12.7. The second-order valence-electron chi connectivity index (χ2n) is 10.4. The number of hydrogen-bond donors (Lipinski definition) is 1. The Morgan fingerprint density at radius 3 is 2.31 bits per heavy atom. The van der Waals surface area contributed by atoms with Crippen LogP contribution in [0.2, 0.25) is 0 Å². The minimum atomic E-state index is -4.53. The van der Waals surface area contributed by atoms with E-state index < -0.39 is 45.4 Å². The van der Waals surface area contributed by atoms with Gasteiger partial charge in [-0.05, 0) is 41.2 Å². The molecule has 1 aliphatic rings. The Morgan fingerprint density at radius 1 is 1.11 bits per heavy atom. The van der Waals surface area contributed by atoms with E-state index >= 15 is 0 Å². The predicted octanol–water partition coefficient (Wildman–Crippen LogP) is 6.76. The molecule has 4 rings (SSSR count). The fourth-order valence-corrected chi connectivity index (χ4v) is 6.05. The smallest absolute Gasteiger partial charge is 0.347 e. The summed E-state index contributed by atoms with van der Waals surface area (Å²) in [6.07, 6.45) is -3.49. The van der Waals surface area contributed by atoms with E-state index in [2.05, 4.69) is 4.72 Å². The summed E-state index contributed by atoms with van der Waals surface area (Å²) < 4.78 is 96.8. The number of nitrogens with one attached hydrogen (secondary N) is 1. The Kier molecular flexibility index (Phi) is 6.08. The molecule has 0 radical (unpaired) electrons. The summed E-state index contributed by atoms with van der Waals surface area (Å²) in [6.45, 7) is 8.09. The standard InChI is InChI=1S/C25H27F5N2O2S/c1-15(31-35(33,34)22-12-24(22,26)27)19-13-32(14-23(2,3)4)21-11-16(9-10-18(19)21)17-7-5-6-8-20(17)25(28,29)30/h5-11,13,15,22,31H,12,14H2,1-4H3/t15-,22?/m1/s1. The molecule has 0 saturated heterocycles. The number of aromatic nitrogens is 1. The highest BCUT2D eigenvalue weighted by molar-refractivity contribution is 7.90. The number of hydrogen-bond acceptors (Lipinski definition) is 2. The van der Waals surface area contributed by atoms with Crippen molar-refractivity contribution in [3.05, 3.63) is 59.8 Å². The second kappa shape index (κ2) is 8.30. The maximum atomic E-state index is 13.6. The van der Waals surface area contributed by atoms with Gasteiger partial charge in [0.2, 0.25) is 10.0 Å². The quantitative estimate of drug-likeness (QED) is 0.370. The van der Waals surface area contributed by atoms with Crippen molar-refractivity contribution in [1.29, 1.82) is 0 Å². The molecule has 2 aromatic carbocycles. The van der Waals surface area contributed by atoms with Crippen LogP contribution in [0.25, 0.3) is 22.0 Å². The predicted molar refractivity (Wildman–Crippen MR) is 126 cm³/mol. The van der Waals surface area contributed by atoms with Gasteiger partial charge in [-0.1, -0.05) is 51.1 Å². The monoisotopic (exact) mass is 514 g/mol. The lowest BCUT2D eigenvalue weighted by Gasteiger charge is -2.20. The summed E-state index contributed by atoms with van der Waals surface area (Å²) in [7, 11) is -4.24. The van der Waals surface area contributed by atoms with Crippen LogP contribution in [0.1, 0.15) is 51.3 Å². The average molecular weight is 515 g/mol. The van der Waals surface area contributed by atoms with Gasteiger partial charge in [-0.25, -0.2) is 21.9 Å². The van der Waals surface area contributed by atoms with Crippen LogP contribution in [0.4, 0.5) is 22.0 Å². The molecule has 1 fully saturated rings. The van der Waals surface area contributed by atoms with Gasteiger partial charge in [-0.2, -0.15) is 13.2 Å². The number of halogens is 5. The van der Waals surface area contributed by atoms with Gasteiger partial charge in [0, 0.05) is 36.1 Å². The third kappa shape index (κ3) is 5.23. The first-order chi connectivity index (χ1) is 16.0. The van der Waals surface area contributed by atoms with E-state index in [9.17, 15) is 30.4 Å². The maximum absolute atomic E-state index is 13.6. The van der Waals surface area contributed by atoms with E-state index in [0.29, 0.717) is 28.6 Å². The molecule has 10 heteroatoms. The van der Waals surface area contributed by atoms with E-state index in [1.165, 1.54) is 12.1 Å². The topological polar surface area (TPSA) is 51.1 Å². The summed E-state index contributed by atoms with van der Waals surface area (Å²) in [6, 6.07) is 9.38. The number of sulfonamides is 1. The minimum absolute atomic E-state index is 0.0386. The molecule has 1 aromatic heterocycles. The van der Waals surface area contributed by atoms with Gasteiger partial charge < -0.3 is 4.57 Å². The van der Waals surface area contributed by atoms with Crippen molar-refractivity contribution in [3.8, 4) is 11.1 Å². The molecule has 35 heavy (non-hydrogen) atoms. The van der Waals surface area contributed by atoms with Crippen molar-refractivity contribution in [2.45, 2.75) is 64.1 Å². The van der Waals surface area contributed by atoms with Gasteiger partial charge in [0.15, 0.2) is 0 Å². The molecule has 1 unspecified atom stereocenters. The van der Waals surface area contributed by atoms with Crippen molar-refractivity contribution in [3.63, 3.8) is 0 Å². The summed E-state index contributed by atoms with van der Waals surface area (Å²) in [4.78, 5) is 0. The van der Waals surface area contributed by atoms with Gasteiger partial charge in [-0.15, -0.1) is 0 Å².